The summed E-state index contributed by atoms with van der Waals surface area (Å²) in [7, 11) is 1.68. The first-order valence-corrected chi connectivity index (χ1v) is 7.05. The quantitative estimate of drug-likeness (QED) is 0.870. The molecule has 1 unspecified atom stereocenters. The summed E-state index contributed by atoms with van der Waals surface area (Å²) in [6.07, 6.45) is 2.87. The number of hydrogen-bond acceptors (Lipinski definition) is 2. The standard InChI is InChI=1S/C18H23NO/c1-18(19,13-12-15-6-4-3-5-7-15)14-16-8-10-17(20-2)11-9-16/h3-11H,12-14,19H2,1-2H3. The molecule has 0 heterocycles. The first-order valence-electron chi connectivity index (χ1n) is 7.05. The van der Waals surface area contributed by atoms with Crippen LogP contribution in [0.2, 0.25) is 0 Å². The SMILES string of the molecule is COc1ccc(CC(C)(N)CCc2ccccc2)cc1. The van der Waals surface area contributed by atoms with Crippen LogP contribution in [0.25, 0.3) is 0 Å². The van der Waals surface area contributed by atoms with Gasteiger partial charge in [0, 0.05) is 5.54 Å². The maximum atomic E-state index is 6.44. The fraction of sp³-hybridized carbons (Fsp3) is 0.333. The van der Waals surface area contributed by atoms with E-state index in [9.17, 15) is 0 Å². The van der Waals surface area contributed by atoms with Gasteiger partial charge in [0.05, 0.1) is 7.11 Å². The summed E-state index contributed by atoms with van der Waals surface area (Å²) in [6.45, 7) is 2.13. The van der Waals surface area contributed by atoms with Crippen molar-refractivity contribution in [2.45, 2.75) is 31.7 Å². The number of aryl methyl sites for hydroxylation is 1. The van der Waals surface area contributed by atoms with E-state index < -0.39 is 0 Å². The van der Waals surface area contributed by atoms with E-state index in [4.69, 9.17) is 10.5 Å². The average molecular weight is 269 g/mol. The van der Waals surface area contributed by atoms with Crippen molar-refractivity contribution < 1.29 is 4.74 Å². The summed E-state index contributed by atoms with van der Waals surface area (Å²) in [4.78, 5) is 0. The molecule has 2 aromatic carbocycles. The zero-order chi connectivity index (χ0) is 14.4. The third-order valence-electron chi connectivity index (χ3n) is 3.59. The van der Waals surface area contributed by atoms with Gasteiger partial charge in [0.25, 0.3) is 0 Å². The number of rotatable bonds is 6. The van der Waals surface area contributed by atoms with Gasteiger partial charge in [0.15, 0.2) is 0 Å². The molecule has 0 aliphatic carbocycles. The lowest BCUT2D eigenvalue weighted by atomic mass is 9.88. The summed E-state index contributed by atoms with van der Waals surface area (Å²) < 4.78 is 5.17. The minimum atomic E-state index is -0.190. The predicted molar refractivity (Wildman–Crippen MR) is 84.1 cm³/mol. The molecule has 0 aliphatic rings. The maximum absolute atomic E-state index is 6.44. The van der Waals surface area contributed by atoms with Gasteiger partial charge in [0.2, 0.25) is 0 Å². The summed E-state index contributed by atoms with van der Waals surface area (Å²) in [6, 6.07) is 18.7. The highest BCUT2D eigenvalue weighted by Crippen LogP contribution is 2.19. The summed E-state index contributed by atoms with van der Waals surface area (Å²) in [5, 5.41) is 0. The van der Waals surface area contributed by atoms with E-state index in [1.807, 2.05) is 18.2 Å². The molecule has 0 saturated heterocycles. The molecule has 0 fully saturated rings. The van der Waals surface area contributed by atoms with Gasteiger partial charge in [0.1, 0.15) is 5.75 Å². The summed E-state index contributed by atoms with van der Waals surface area (Å²) >= 11 is 0. The molecule has 0 amide bonds. The van der Waals surface area contributed by atoms with Crippen molar-refractivity contribution in [1.82, 2.24) is 0 Å². The Bertz CT molecular complexity index is 517. The molecule has 0 aliphatic heterocycles. The van der Waals surface area contributed by atoms with E-state index in [1.54, 1.807) is 7.11 Å². The summed E-state index contributed by atoms with van der Waals surface area (Å²) in [5.74, 6) is 0.886. The third-order valence-corrected chi connectivity index (χ3v) is 3.59. The zero-order valence-electron chi connectivity index (χ0n) is 12.3. The molecule has 2 rings (SSSR count). The first-order chi connectivity index (χ1) is 9.59. The van der Waals surface area contributed by atoms with Crippen LogP contribution in [0.1, 0.15) is 24.5 Å². The van der Waals surface area contributed by atoms with Crippen LogP contribution in [0.15, 0.2) is 54.6 Å². The highest BCUT2D eigenvalue weighted by molar-refractivity contribution is 5.28. The number of methoxy groups -OCH3 is 1. The van der Waals surface area contributed by atoms with Crippen molar-refractivity contribution in [2.24, 2.45) is 5.73 Å². The second-order valence-corrected chi connectivity index (χ2v) is 5.66. The second-order valence-electron chi connectivity index (χ2n) is 5.66. The number of ether oxygens (including phenoxy) is 1. The largest absolute Gasteiger partial charge is 0.497 e. The topological polar surface area (TPSA) is 35.2 Å². The molecule has 2 aromatic rings. The van der Waals surface area contributed by atoms with Gasteiger partial charge < -0.3 is 10.5 Å². The fourth-order valence-corrected chi connectivity index (χ4v) is 2.37. The van der Waals surface area contributed by atoms with Gasteiger partial charge in [-0.05, 0) is 49.4 Å². The Morgan fingerprint density at radius 2 is 1.60 bits per heavy atom. The molecule has 0 radical (unpaired) electrons. The van der Waals surface area contributed by atoms with Gasteiger partial charge in [-0.2, -0.15) is 0 Å². The van der Waals surface area contributed by atoms with Gasteiger partial charge in [-0.1, -0.05) is 42.5 Å². The Labute approximate surface area is 121 Å². The Kier molecular flexibility index (Phi) is 4.80. The van der Waals surface area contributed by atoms with Crippen LogP contribution in [0, 0.1) is 0 Å². The highest BCUT2D eigenvalue weighted by atomic mass is 16.5. The lowest BCUT2D eigenvalue weighted by Gasteiger charge is -2.25. The Balaban J connectivity index is 1.92. The predicted octanol–water partition coefficient (Wildman–Crippen LogP) is 3.59. The van der Waals surface area contributed by atoms with Crippen molar-refractivity contribution >= 4 is 0 Å². The number of benzene rings is 2. The van der Waals surface area contributed by atoms with Gasteiger partial charge in [-0.15, -0.1) is 0 Å². The molecule has 0 aromatic heterocycles. The molecule has 2 nitrogen and oxygen atoms in total. The molecule has 0 spiro atoms. The van der Waals surface area contributed by atoms with Crippen molar-refractivity contribution in [1.29, 1.82) is 0 Å². The maximum Gasteiger partial charge on any atom is 0.118 e. The van der Waals surface area contributed by atoms with Gasteiger partial charge in [-0.3, -0.25) is 0 Å². The van der Waals surface area contributed by atoms with E-state index in [-0.39, 0.29) is 5.54 Å². The van der Waals surface area contributed by atoms with Crippen molar-refractivity contribution in [3.8, 4) is 5.75 Å². The molecule has 20 heavy (non-hydrogen) atoms. The molecule has 0 saturated carbocycles. The molecule has 2 heteroatoms. The minimum Gasteiger partial charge on any atom is -0.497 e. The Morgan fingerprint density at radius 1 is 0.950 bits per heavy atom. The van der Waals surface area contributed by atoms with Crippen LogP contribution < -0.4 is 10.5 Å². The molecule has 2 N–H and O–H groups in total. The van der Waals surface area contributed by atoms with Crippen LogP contribution in [0.3, 0.4) is 0 Å². The van der Waals surface area contributed by atoms with E-state index in [1.165, 1.54) is 11.1 Å². The van der Waals surface area contributed by atoms with E-state index in [0.717, 1.165) is 25.0 Å². The molecular formula is C18H23NO. The lowest BCUT2D eigenvalue weighted by molar-refractivity contribution is 0.412. The van der Waals surface area contributed by atoms with E-state index >= 15 is 0 Å². The minimum absolute atomic E-state index is 0.190. The Hall–Kier alpha value is -1.80. The van der Waals surface area contributed by atoms with Crippen LogP contribution in [-0.4, -0.2) is 12.6 Å². The van der Waals surface area contributed by atoms with E-state index in [0.29, 0.717) is 0 Å². The van der Waals surface area contributed by atoms with Gasteiger partial charge >= 0.3 is 0 Å². The number of nitrogens with two attached hydrogens (primary N) is 1. The number of hydrogen-bond donors (Lipinski definition) is 1. The molecule has 0 bridgehead atoms. The van der Waals surface area contributed by atoms with Crippen LogP contribution >= 0.6 is 0 Å². The first kappa shape index (κ1) is 14.6. The smallest absolute Gasteiger partial charge is 0.118 e. The lowest BCUT2D eigenvalue weighted by Crippen LogP contribution is -2.39. The molecule has 106 valence electrons. The zero-order valence-corrected chi connectivity index (χ0v) is 12.3. The van der Waals surface area contributed by atoms with Crippen molar-refractivity contribution in [3.63, 3.8) is 0 Å². The molecular weight excluding hydrogens is 246 g/mol. The van der Waals surface area contributed by atoms with Crippen molar-refractivity contribution in [3.05, 3.63) is 65.7 Å². The monoisotopic (exact) mass is 269 g/mol. The second kappa shape index (κ2) is 6.58. The fourth-order valence-electron chi connectivity index (χ4n) is 2.37. The highest BCUT2D eigenvalue weighted by Gasteiger charge is 2.18. The van der Waals surface area contributed by atoms with Crippen LogP contribution in [0.5, 0.6) is 5.75 Å². The summed E-state index contributed by atoms with van der Waals surface area (Å²) in [5.41, 5.74) is 8.85. The van der Waals surface area contributed by atoms with Crippen LogP contribution in [0.4, 0.5) is 0 Å². The van der Waals surface area contributed by atoms with E-state index in [2.05, 4.69) is 43.3 Å². The third kappa shape index (κ3) is 4.39. The normalized spacial score (nSPS) is 13.8. The van der Waals surface area contributed by atoms with Crippen LogP contribution in [-0.2, 0) is 12.8 Å². The van der Waals surface area contributed by atoms with Crippen molar-refractivity contribution in [2.75, 3.05) is 7.11 Å². The Morgan fingerprint density at radius 3 is 2.20 bits per heavy atom. The van der Waals surface area contributed by atoms with Gasteiger partial charge in [-0.25, -0.2) is 0 Å². The molecule has 1 atom stereocenters. The average Bonchev–Trinajstić information content (AvgIpc) is 2.47.